The van der Waals surface area contributed by atoms with E-state index in [0.717, 1.165) is 36.2 Å². The third kappa shape index (κ3) is 5.44. The van der Waals surface area contributed by atoms with Gasteiger partial charge in [0.25, 0.3) is 11.8 Å². The van der Waals surface area contributed by atoms with Crippen LogP contribution in [0, 0.1) is 0 Å². The van der Waals surface area contributed by atoms with E-state index in [4.69, 9.17) is 0 Å². The lowest BCUT2D eigenvalue weighted by atomic mass is 9.98. The molecular weight excluding hydrogens is 436 g/mol. The minimum atomic E-state index is -0.193. The molecule has 3 aromatic carbocycles. The number of unbranched alkanes of at least 4 members (excludes halogenated alkanes) is 1. The van der Waals surface area contributed by atoms with Crippen molar-refractivity contribution in [3.05, 3.63) is 95.1 Å². The van der Waals surface area contributed by atoms with E-state index in [2.05, 4.69) is 35.0 Å². The number of rotatable bonds is 9. The van der Waals surface area contributed by atoms with Crippen LogP contribution in [0.1, 0.15) is 46.8 Å². The van der Waals surface area contributed by atoms with Crippen molar-refractivity contribution in [2.24, 2.45) is 0 Å². The summed E-state index contributed by atoms with van der Waals surface area (Å²) in [5, 5.41) is 9.60. The van der Waals surface area contributed by atoms with Gasteiger partial charge in [-0.3, -0.25) is 9.59 Å². The summed E-state index contributed by atoms with van der Waals surface area (Å²) < 4.78 is 0. The predicted octanol–water partition coefficient (Wildman–Crippen LogP) is 5.21. The highest BCUT2D eigenvalue weighted by Crippen LogP contribution is 2.38. The number of carbonyl (C=O) groups excluding carboxylic acids is 2. The van der Waals surface area contributed by atoms with E-state index in [1.807, 2.05) is 68.7 Å². The van der Waals surface area contributed by atoms with Gasteiger partial charge in [-0.1, -0.05) is 55.8 Å². The smallest absolute Gasteiger partial charge is 0.258 e. The number of carbonyl (C=O) groups is 2. The third-order valence-electron chi connectivity index (χ3n) is 6.12. The van der Waals surface area contributed by atoms with E-state index < -0.39 is 0 Å². The lowest BCUT2D eigenvalue weighted by Gasteiger charge is -2.18. The maximum atomic E-state index is 13.2. The number of nitrogens with one attached hydrogen (secondary N) is 3. The second kappa shape index (κ2) is 11.0. The molecule has 1 aliphatic heterocycles. The number of hydrogen-bond donors (Lipinski definition) is 3. The minimum absolute atomic E-state index is 0.0470. The van der Waals surface area contributed by atoms with Gasteiger partial charge >= 0.3 is 0 Å². The Bertz CT molecular complexity index is 1230. The molecule has 0 saturated heterocycles. The van der Waals surface area contributed by atoms with Gasteiger partial charge in [0, 0.05) is 42.6 Å². The molecule has 0 aliphatic carbocycles. The minimum Gasteiger partial charge on any atom is -0.354 e. The first-order chi connectivity index (χ1) is 17.0. The van der Waals surface area contributed by atoms with Gasteiger partial charge in [0.2, 0.25) is 0 Å². The monoisotopic (exact) mass is 468 g/mol. The van der Waals surface area contributed by atoms with Crippen molar-refractivity contribution >= 4 is 34.5 Å². The molecule has 4 rings (SSSR count). The lowest BCUT2D eigenvalue weighted by Crippen LogP contribution is -2.27. The largest absolute Gasteiger partial charge is 0.354 e. The summed E-state index contributed by atoms with van der Waals surface area (Å²) in [4.78, 5) is 28.0. The lowest BCUT2D eigenvalue weighted by molar-refractivity contribution is -0.110. The Morgan fingerprint density at radius 2 is 1.71 bits per heavy atom. The van der Waals surface area contributed by atoms with Crippen LogP contribution in [0.15, 0.2) is 72.8 Å². The summed E-state index contributed by atoms with van der Waals surface area (Å²) in [6, 6.07) is 23.3. The van der Waals surface area contributed by atoms with Crippen LogP contribution in [-0.4, -0.2) is 37.4 Å². The van der Waals surface area contributed by atoms with Crippen LogP contribution in [-0.2, 0) is 11.3 Å². The molecule has 6 heteroatoms. The Morgan fingerprint density at radius 1 is 0.971 bits per heavy atom. The summed E-state index contributed by atoms with van der Waals surface area (Å²) in [6.07, 6.45) is 1.97. The first kappa shape index (κ1) is 24.2. The van der Waals surface area contributed by atoms with Crippen LogP contribution in [0.2, 0.25) is 0 Å². The van der Waals surface area contributed by atoms with E-state index in [9.17, 15) is 9.59 Å². The molecule has 0 unspecified atom stereocenters. The zero-order valence-corrected chi connectivity index (χ0v) is 20.5. The van der Waals surface area contributed by atoms with Crippen LogP contribution >= 0.6 is 0 Å². The molecule has 0 radical (unpaired) electrons. The average molecular weight is 469 g/mol. The van der Waals surface area contributed by atoms with E-state index in [0.29, 0.717) is 29.1 Å². The quantitative estimate of drug-likeness (QED) is 0.377. The normalized spacial score (nSPS) is 13.7. The van der Waals surface area contributed by atoms with Crippen molar-refractivity contribution in [3.63, 3.8) is 0 Å². The Labute approximate surface area is 207 Å². The average Bonchev–Trinajstić information content (AvgIpc) is 3.21. The van der Waals surface area contributed by atoms with Crippen LogP contribution in [0.5, 0.6) is 0 Å². The standard InChI is InChI=1S/C29H32N4O2/c1-4-5-17-33(3)29(35)22-13-16-25-24(18-22)26(28(34)32-25)27(21-9-7-6-8-10-21)31-23-14-11-20(12-15-23)19-30-2/h6-16,18,30-31H,4-5,17,19H2,1-3H3,(H,32,34)/b27-26-. The van der Waals surface area contributed by atoms with E-state index >= 15 is 0 Å². The van der Waals surface area contributed by atoms with Gasteiger partial charge in [0.15, 0.2) is 0 Å². The first-order valence-corrected chi connectivity index (χ1v) is 12.0. The molecule has 0 spiro atoms. The van der Waals surface area contributed by atoms with Gasteiger partial charge in [-0.15, -0.1) is 0 Å². The van der Waals surface area contributed by atoms with Gasteiger partial charge < -0.3 is 20.9 Å². The number of anilines is 2. The molecular formula is C29H32N4O2. The number of fused-ring (bicyclic) bond motifs is 1. The van der Waals surface area contributed by atoms with Gasteiger partial charge in [-0.2, -0.15) is 0 Å². The summed E-state index contributed by atoms with van der Waals surface area (Å²) >= 11 is 0. The van der Waals surface area contributed by atoms with Crippen molar-refractivity contribution in [3.8, 4) is 0 Å². The fourth-order valence-electron chi connectivity index (χ4n) is 4.20. The Balaban J connectivity index is 1.77. The molecule has 0 aromatic heterocycles. The molecule has 2 amide bonds. The van der Waals surface area contributed by atoms with Gasteiger partial charge in [-0.25, -0.2) is 0 Å². The number of amides is 2. The van der Waals surface area contributed by atoms with Crippen molar-refractivity contribution in [1.82, 2.24) is 10.2 Å². The Kier molecular flexibility index (Phi) is 7.63. The van der Waals surface area contributed by atoms with Crippen LogP contribution in [0.25, 0.3) is 11.3 Å². The maximum absolute atomic E-state index is 13.2. The van der Waals surface area contributed by atoms with Gasteiger partial charge in [0.1, 0.15) is 0 Å². The SMILES string of the molecule is CCCCN(C)C(=O)c1ccc2c(c1)/C(=C(/Nc1ccc(CNC)cc1)c1ccccc1)C(=O)N2. The van der Waals surface area contributed by atoms with Crippen molar-refractivity contribution in [1.29, 1.82) is 0 Å². The van der Waals surface area contributed by atoms with Crippen molar-refractivity contribution < 1.29 is 9.59 Å². The third-order valence-corrected chi connectivity index (χ3v) is 6.12. The fourth-order valence-corrected chi connectivity index (χ4v) is 4.20. The number of benzene rings is 3. The zero-order valence-electron chi connectivity index (χ0n) is 20.5. The van der Waals surface area contributed by atoms with Crippen molar-refractivity contribution in [2.45, 2.75) is 26.3 Å². The summed E-state index contributed by atoms with van der Waals surface area (Å²) in [5.74, 6) is -0.239. The van der Waals surface area contributed by atoms with E-state index in [1.165, 1.54) is 5.56 Å². The topological polar surface area (TPSA) is 73.5 Å². The summed E-state index contributed by atoms with van der Waals surface area (Å²) in [5.41, 5.74) is 6.17. The molecule has 0 saturated carbocycles. The number of hydrogen-bond acceptors (Lipinski definition) is 4. The molecule has 35 heavy (non-hydrogen) atoms. The highest BCUT2D eigenvalue weighted by atomic mass is 16.2. The predicted molar refractivity (Wildman–Crippen MR) is 143 cm³/mol. The summed E-state index contributed by atoms with van der Waals surface area (Å²) in [6.45, 7) is 3.59. The van der Waals surface area contributed by atoms with Crippen LogP contribution in [0.4, 0.5) is 11.4 Å². The van der Waals surface area contributed by atoms with Gasteiger partial charge in [-0.05, 0) is 54.9 Å². The highest BCUT2D eigenvalue weighted by Gasteiger charge is 2.29. The molecule has 1 aliphatic rings. The van der Waals surface area contributed by atoms with Crippen LogP contribution in [0.3, 0.4) is 0 Å². The molecule has 0 atom stereocenters. The molecule has 1 heterocycles. The van der Waals surface area contributed by atoms with Crippen molar-refractivity contribution in [2.75, 3.05) is 31.3 Å². The zero-order chi connectivity index (χ0) is 24.8. The molecule has 3 N–H and O–H groups in total. The second-order valence-corrected chi connectivity index (χ2v) is 8.76. The van der Waals surface area contributed by atoms with Crippen LogP contribution < -0.4 is 16.0 Å². The van der Waals surface area contributed by atoms with E-state index in [1.54, 1.807) is 11.0 Å². The molecule has 180 valence electrons. The molecule has 0 fully saturated rings. The molecule has 3 aromatic rings. The fraction of sp³-hybridized carbons (Fsp3) is 0.241. The second-order valence-electron chi connectivity index (χ2n) is 8.76. The molecule has 0 bridgehead atoms. The molecule has 6 nitrogen and oxygen atoms in total. The van der Waals surface area contributed by atoms with E-state index in [-0.39, 0.29) is 11.8 Å². The van der Waals surface area contributed by atoms with Gasteiger partial charge in [0.05, 0.1) is 11.3 Å². The summed E-state index contributed by atoms with van der Waals surface area (Å²) in [7, 11) is 3.74. The first-order valence-electron chi connectivity index (χ1n) is 12.0. The Hall–Kier alpha value is -3.90. The Morgan fingerprint density at radius 3 is 2.40 bits per heavy atom. The maximum Gasteiger partial charge on any atom is 0.258 e. The highest BCUT2D eigenvalue weighted by molar-refractivity contribution is 6.37. The number of nitrogens with zero attached hydrogens (tertiary/aromatic N) is 1.